The molecule has 1 rings (SSSR count). The predicted octanol–water partition coefficient (Wildman–Crippen LogP) is 1.90. The van der Waals surface area contributed by atoms with Crippen molar-refractivity contribution in [3.63, 3.8) is 0 Å². The topological polar surface area (TPSA) is 29.9 Å². The minimum atomic E-state index is -2.35. The highest BCUT2D eigenvalue weighted by molar-refractivity contribution is 5.10. The molecule has 0 aliphatic heterocycles. The molecular formula is C11H19F2N3. The van der Waals surface area contributed by atoms with E-state index in [-0.39, 0.29) is 0 Å². The second-order valence-corrected chi connectivity index (χ2v) is 4.00. The molecular weight excluding hydrogens is 212 g/mol. The molecule has 0 aliphatic carbocycles. The third kappa shape index (κ3) is 3.56. The molecule has 0 aliphatic rings. The van der Waals surface area contributed by atoms with Crippen molar-refractivity contribution in [1.29, 1.82) is 0 Å². The van der Waals surface area contributed by atoms with Gasteiger partial charge in [0, 0.05) is 19.2 Å². The Hall–Kier alpha value is -0.970. The number of hydrogen-bond donors (Lipinski definition) is 1. The first-order valence-electron chi connectivity index (χ1n) is 5.55. The minimum absolute atomic E-state index is 0.314. The Kier molecular flexibility index (Phi) is 4.86. The van der Waals surface area contributed by atoms with Crippen LogP contribution in [0.25, 0.3) is 0 Å². The van der Waals surface area contributed by atoms with Crippen molar-refractivity contribution in [2.24, 2.45) is 7.05 Å². The van der Waals surface area contributed by atoms with Gasteiger partial charge in [0.25, 0.3) is 6.43 Å². The molecule has 1 aromatic rings. The molecule has 0 bridgehead atoms. The van der Waals surface area contributed by atoms with Gasteiger partial charge in [-0.15, -0.1) is 0 Å². The van der Waals surface area contributed by atoms with Gasteiger partial charge < -0.3 is 5.32 Å². The number of aromatic nitrogens is 2. The third-order valence-corrected chi connectivity index (χ3v) is 2.49. The van der Waals surface area contributed by atoms with Crippen LogP contribution in [0.1, 0.15) is 24.7 Å². The first-order chi connectivity index (χ1) is 7.54. The minimum Gasteiger partial charge on any atom is -0.309 e. The molecule has 1 N–H and O–H groups in total. The summed E-state index contributed by atoms with van der Waals surface area (Å²) in [4.78, 5) is 0. The highest BCUT2D eigenvalue weighted by atomic mass is 19.3. The van der Waals surface area contributed by atoms with Gasteiger partial charge in [0.05, 0.1) is 11.7 Å². The molecule has 0 saturated heterocycles. The molecule has 16 heavy (non-hydrogen) atoms. The van der Waals surface area contributed by atoms with Crippen molar-refractivity contribution in [3.05, 3.63) is 17.5 Å². The molecule has 0 saturated carbocycles. The van der Waals surface area contributed by atoms with Crippen LogP contribution in [-0.2, 0) is 13.5 Å². The van der Waals surface area contributed by atoms with Gasteiger partial charge in [0.15, 0.2) is 0 Å². The summed E-state index contributed by atoms with van der Waals surface area (Å²) in [5, 5.41) is 7.01. The summed E-state index contributed by atoms with van der Waals surface area (Å²) in [7, 11) is 1.78. The quantitative estimate of drug-likeness (QED) is 0.810. The fourth-order valence-corrected chi connectivity index (χ4v) is 1.66. The number of halogens is 2. The average Bonchev–Trinajstić information content (AvgIpc) is 2.51. The van der Waals surface area contributed by atoms with Crippen LogP contribution in [0.5, 0.6) is 0 Å². The molecule has 0 aromatic carbocycles. The van der Waals surface area contributed by atoms with E-state index < -0.39 is 12.5 Å². The highest BCUT2D eigenvalue weighted by Crippen LogP contribution is 2.10. The van der Waals surface area contributed by atoms with Gasteiger partial charge in [0.1, 0.15) is 0 Å². The van der Waals surface area contributed by atoms with E-state index in [0.717, 1.165) is 17.8 Å². The van der Waals surface area contributed by atoms with Crippen LogP contribution in [0.3, 0.4) is 0 Å². The van der Waals surface area contributed by atoms with Crippen LogP contribution >= 0.6 is 0 Å². The van der Waals surface area contributed by atoms with Crippen molar-refractivity contribution >= 4 is 0 Å². The fourth-order valence-electron chi connectivity index (χ4n) is 1.66. The Morgan fingerprint density at radius 2 is 2.19 bits per heavy atom. The van der Waals surface area contributed by atoms with Crippen LogP contribution in [-0.4, -0.2) is 28.8 Å². The van der Waals surface area contributed by atoms with E-state index in [0.29, 0.717) is 13.0 Å². The van der Waals surface area contributed by atoms with E-state index in [1.165, 1.54) is 0 Å². The molecule has 1 aromatic heterocycles. The van der Waals surface area contributed by atoms with Crippen molar-refractivity contribution < 1.29 is 8.78 Å². The van der Waals surface area contributed by atoms with Crippen LogP contribution in [0.15, 0.2) is 6.07 Å². The van der Waals surface area contributed by atoms with E-state index in [4.69, 9.17) is 0 Å². The Balaban J connectivity index is 2.64. The van der Waals surface area contributed by atoms with Crippen molar-refractivity contribution in [1.82, 2.24) is 15.1 Å². The summed E-state index contributed by atoms with van der Waals surface area (Å²) in [6.07, 6.45) is -1.18. The van der Waals surface area contributed by atoms with Gasteiger partial charge in [0.2, 0.25) is 0 Å². The number of alkyl halides is 2. The Morgan fingerprint density at radius 3 is 2.62 bits per heavy atom. The summed E-state index contributed by atoms with van der Waals surface area (Å²) in [6, 6.07) is 1.07. The van der Waals surface area contributed by atoms with E-state index in [2.05, 4.69) is 10.4 Å². The second-order valence-electron chi connectivity index (χ2n) is 4.00. The number of nitrogens with zero attached hydrogens (tertiary/aromatic N) is 2. The largest absolute Gasteiger partial charge is 0.309 e. The third-order valence-electron chi connectivity index (χ3n) is 2.49. The number of hydrogen-bond acceptors (Lipinski definition) is 2. The van der Waals surface area contributed by atoms with Gasteiger partial charge in [-0.2, -0.15) is 5.10 Å². The molecule has 5 heteroatoms. The Morgan fingerprint density at radius 1 is 1.50 bits per heavy atom. The Bertz CT molecular complexity index is 323. The molecule has 0 radical (unpaired) electrons. The maximum absolute atomic E-state index is 12.8. The first-order valence-corrected chi connectivity index (χ1v) is 5.55. The molecule has 1 unspecified atom stereocenters. The van der Waals surface area contributed by atoms with Gasteiger partial charge in [-0.25, -0.2) is 8.78 Å². The molecule has 0 spiro atoms. The highest BCUT2D eigenvalue weighted by Gasteiger charge is 2.21. The van der Waals surface area contributed by atoms with Crippen LogP contribution in [0.4, 0.5) is 8.78 Å². The monoisotopic (exact) mass is 231 g/mol. The normalized spacial score (nSPS) is 13.4. The van der Waals surface area contributed by atoms with Crippen LogP contribution in [0.2, 0.25) is 0 Å². The molecule has 1 atom stereocenters. The lowest BCUT2D eigenvalue weighted by molar-refractivity contribution is 0.0974. The SMILES string of the molecule is CCCNC(Cc1cc(C)nn1C)C(F)F. The smallest absolute Gasteiger partial charge is 0.254 e. The predicted molar refractivity (Wildman–Crippen MR) is 59.7 cm³/mol. The molecule has 0 fully saturated rings. The number of aryl methyl sites for hydroxylation is 2. The average molecular weight is 231 g/mol. The van der Waals surface area contributed by atoms with Crippen molar-refractivity contribution in [2.45, 2.75) is 39.2 Å². The summed E-state index contributed by atoms with van der Waals surface area (Å²) in [5.74, 6) is 0. The first kappa shape index (κ1) is 13.1. The zero-order chi connectivity index (χ0) is 12.1. The Labute approximate surface area is 94.8 Å². The molecule has 0 amide bonds. The summed E-state index contributed by atoms with van der Waals surface area (Å²) in [5.41, 5.74) is 1.70. The van der Waals surface area contributed by atoms with Gasteiger partial charge in [-0.1, -0.05) is 6.92 Å². The maximum atomic E-state index is 12.8. The second kappa shape index (κ2) is 5.94. The van der Waals surface area contributed by atoms with Crippen molar-refractivity contribution in [2.75, 3.05) is 6.54 Å². The molecule has 1 heterocycles. The zero-order valence-electron chi connectivity index (χ0n) is 10.0. The zero-order valence-corrected chi connectivity index (χ0v) is 10.0. The number of rotatable bonds is 6. The number of nitrogens with one attached hydrogen (secondary N) is 1. The molecule has 92 valence electrons. The van der Waals surface area contributed by atoms with E-state index in [1.807, 2.05) is 19.9 Å². The fraction of sp³-hybridized carbons (Fsp3) is 0.727. The van der Waals surface area contributed by atoms with Gasteiger partial charge >= 0.3 is 0 Å². The standard InChI is InChI=1S/C11H19F2N3/c1-4-5-14-10(11(12)13)7-9-6-8(2)15-16(9)3/h6,10-11,14H,4-5,7H2,1-3H3. The summed E-state index contributed by atoms with van der Waals surface area (Å²) < 4.78 is 27.2. The van der Waals surface area contributed by atoms with E-state index in [9.17, 15) is 8.78 Å². The lowest BCUT2D eigenvalue weighted by Gasteiger charge is -2.17. The summed E-state index contributed by atoms with van der Waals surface area (Å²) >= 11 is 0. The maximum Gasteiger partial charge on any atom is 0.254 e. The van der Waals surface area contributed by atoms with E-state index in [1.54, 1.807) is 11.7 Å². The summed E-state index contributed by atoms with van der Waals surface area (Å²) in [6.45, 7) is 4.44. The van der Waals surface area contributed by atoms with Crippen LogP contribution in [0, 0.1) is 6.92 Å². The van der Waals surface area contributed by atoms with Gasteiger partial charge in [-0.05, 0) is 26.0 Å². The van der Waals surface area contributed by atoms with Gasteiger partial charge in [-0.3, -0.25) is 4.68 Å². The van der Waals surface area contributed by atoms with Crippen molar-refractivity contribution in [3.8, 4) is 0 Å². The lowest BCUT2D eigenvalue weighted by Crippen LogP contribution is -2.38. The van der Waals surface area contributed by atoms with Crippen LogP contribution < -0.4 is 5.32 Å². The van der Waals surface area contributed by atoms with E-state index >= 15 is 0 Å². The lowest BCUT2D eigenvalue weighted by atomic mass is 10.1. The molecule has 3 nitrogen and oxygen atoms in total.